The minimum Gasteiger partial charge on any atom is -0.437 e. The molecule has 0 aliphatic rings. The largest absolute Gasteiger partial charge is 0.437 e. The molecule has 0 aliphatic heterocycles. The Morgan fingerprint density at radius 1 is 1.35 bits per heavy atom. The van der Waals surface area contributed by atoms with Crippen molar-refractivity contribution in [2.45, 2.75) is 6.92 Å². The van der Waals surface area contributed by atoms with Crippen molar-refractivity contribution in [3.05, 3.63) is 52.7 Å². The van der Waals surface area contributed by atoms with Crippen LogP contribution in [0.2, 0.25) is 5.02 Å². The van der Waals surface area contributed by atoms with E-state index < -0.39 is 0 Å². The van der Waals surface area contributed by atoms with Crippen LogP contribution >= 0.6 is 11.6 Å². The summed E-state index contributed by atoms with van der Waals surface area (Å²) < 4.78 is 5.58. The van der Waals surface area contributed by atoms with Gasteiger partial charge in [0.1, 0.15) is 5.75 Å². The van der Waals surface area contributed by atoms with Gasteiger partial charge in [-0.05, 0) is 25.1 Å². The number of aldehydes is 1. The monoisotopic (exact) mass is 247 g/mol. The fourth-order valence-corrected chi connectivity index (χ4v) is 1.56. The second-order valence-corrected chi connectivity index (χ2v) is 3.95. The van der Waals surface area contributed by atoms with Crippen LogP contribution in [0, 0.1) is 6.92 Å². The zero-order chi connectivity index (χ0) is 12.3. The molecule has 2 rings (SSSR count). The number of carbonyl (C=O) groups excluding carboxylic acids is 1. The van der Waals surface area contributed by atoms with E-state index in [1.54, 1.807) is 18.2 Å². The minimum atomic E-state index is 0.448. The Morgan fingerprint density at radius 3 is 2.76 bits per heavy atom. The molecule has 1 aromatic carbocycles. The van der Waals surface area contributed by atoms with Crippen molar-refractivity contribution < 1.29 is 9.53 Å². The van der Waals surface area contributed by atoms with Gasteiger partial charge in [-0.25, -0.2) is 4.98 Å². The Morgan fingerprint density at radius 2 is 2.12 bits per heavy atom. The molecule has 2 aromatic rings. The first-order chi connectivity index (χ1) is 8.20. The third kappa shape index (κ3) is 2.63. The van der Waals surface area contributed by atoms with Crippen molar-refractivity contribution in [2.75, 3.05) is 0 Å². The van der Waals surface area contributed by atoms with Crippen molar-refractivity contribution in [1.29, 1.82) is 0 Å². The molecule has 0 fully saturated rings. The van der Waals surface area contributed by atoms with E-state index in [1.807, 2.05) is 19.1 Å². The highest BCUT2D eigenvalue weighted by molar-refractivity contribution is 6.32. The van der Waals surface area contributed by atoms with Crippen molar-refractivity contribution >= 4 is 17.9 Å². The maximum absolute atomic E-state index is 10.6. The molecule has 0 amide bonds. The van der Waals surface area contributed by atoms with Gasteiger partial charge in [-0.15, -0.1) is 0 Å². The highest BCUT2D eigenvalue weighted by Crippen LogP contribution is 2.29. The Bertz CT molecular complexity index is 555. The average molecular weight is 248 g/mol. The number of ether oxygens (including phenoxy) is 1. The average Bonchev–Trinajstić information content (AvgIpc) is 2.34. The maximum atomic E-state index is 10.6. The summed E-state index contributed by atoms with van der Waals surface area (Å²) in [7, 11) is 0. The SMILES string of the molecule is Cc1cc(C=O)cnc1Oc1ccccc1Cl. The highest BCUT2D eigenvalue weighted by Gasteiger charge is 2.06. The van der Waals surface area contributed by atoms with Gasteiger partial charge in [0.25, 0.3) is 0 Å². The first-order valence-corrected chi connectivity index (χ1v) is 5.42. The van der Waals surface area contributed by atoms with Crippen molar-refractivity contribution in [2.24, 2.45) is 0 Å². The number of carbonyl (C=O) groups is 1. The quantitative estimate of drug-likeness (QED) is 0.777. The molecule has 0 aliphatic carbocycles. The number of para-hydroxylation sites is 1. The Hall–Kier alpha value is -1.87. The highest BCUT2D eigenvalue weighted by atomic mass is 35.5. The van der Waals surface area contributed by atoms with Crippen LogP contribution in [0.15, 0.2) is 36.5 Å². The molecule has 0 saturated carbocycles. The van der Waals surface area contributed by atoms with E-state index in [9.17, 15) is 4.79 Å². The number of aromatic nitrogens is 1. The summed E-state index contributed by atoms with van der Waals surface area (Å²) >= 11 is 5.98. The molecule has 1 heterocycles. The zero-order valence-electron chi connectivity index (χ0n) is 9.18. The van der Waals surface area contributed by atoms with Crippen LogP contribution in [0.25, 0.3) is 0 Å². The molecular weight excluding hydrogens is 238 g/mol. The topological polar surface area (TPSA) is 39.2 Å². The van der Waals surface area contributed by atoms with Gasteiger partial charge in [0.15, 0.2) is 6.29 Å². The van der Waals surface area contributed by atoms with Crippen LogP contribution in [-0.2, 0) is 0 Å². The Labute approximate surface area is 104 Å². The van der Waals surface area contributed by atoms with Gasteiger partial charge in [-0.3, -0.25) is 4.79 Å². The summed E-state index contributed by atoms with van der Waals surface area (Å²) in [4.78, 5) is 14.7. The van der Waals surface area contributed by atoms with E-state index in [1.165, 1.54) is 6.20 Å². The number of aryl methyl sites for hydroxylation is 1. The second kappa shape index (κ2) is 4.97. The van der Waals surface area contributed by atoms with E-state index in [4.69, 9.17) is 16.3 Å². The smallest absolute Gasteiger partial charge is 0.222 e. The summed E-state index contributed by atoms with van der Waals surface area (Å²) in [5.74, 6) is 0.993. The molecule has 0 N–H and O–H groups in total. The molecule has 0 bridgehead atoms. The number of halogens is 1. The molecular formula is C13H10ClNO2. The third-order valence-corrected chi connectivity index (χ3v) is 2.54. The standard InChI is InChI=1S/C13H10ClNO2/c1-9-6-10(8-16)7-15-13(9)17-12-5-3-2-4-11(12)14/h2-8H,1H3. The van der Waals surface area contributed by atoms with Gasteiger partial charge in [0.05, 0.1) is 5.02 Å². The lowest BCUT2D eigenvalue weighted by molar-refractivity contribution is 0.112. The first kappa shape index (κ1) is 11.6. The lowest BCUT2D eigenvalue weighted by Crippen LogP contribution is -1.93. The maximum Gasteiger partial charge on any atom is 0.222 e. The molecule has 0 atom stereocenters. The third-order valence-electron chi connectivity index (χ3n) is 2.23. The fraction of sp³-hybridized carbons (Fsp3) is 0.0769. The van der Waals surface area contributed by atoms with Gasteiger partial charge < -0.3 is 4.74 Å². The van der Waals surface area contributed by atoms with Gasteiger partial charge in [0.2, 0.25) is 5.88 Å². The summed E-state index contributed by atoms with van der Waals surface area (Å²) in [6.45, 7) is 1.83. The van der Waals surface area contributed by atoms with Crippen LogP contribution in [-0.4, -0.2) is 11.3 Å². The lowest BCUT2D eigenvalue weighted by atomic mass is 10.2. The number of hydrogen-bond donors (Lipinski definition) is 0. The second-order valence-electron chi connectivity index (χ2n) is 3.54. The molecule has 0 radical (unpaired) electrons. The number of rotatable bonds is 3. The molecule has 3 nitrogen and oxygen atoms in total. The number of nitrogens with zero attached hydrogens (tertiary/aromatic N) is 1. The molecule has 1 aromatic heterocycles. The zero-order valence-corrected chi connectivity index (χ0v) is 9.94. The van der Waals surface area contributed by atoms with Gasteiger partial charge in [0, 0.05) is 17.3 Å². The van der Waals surface area contributed by atoms with Gasteiger partial charge in [-0.2, -0.15) is 0 Å². The minimum absolute atomic E-state index is 0.448. The van der Waals surface area contributed by atoms with E-state index >= 15 is 0 Å². The molecule has 0 spiro atoms. The Balaban J connectivity index is 2.31. The fourth-order valence-electron chi connectivity index (χ4n) is 1.39. The molecule has 0 unspecified atom stereocenters. The molecule has 86 valence electrons. The summed E-state index contributed by atoms with van der Waals surface area (Å²) in [5.41, 5.74) is 1.31. The predicted octanol–water partition coefficient (Wildman–Crippen LogP) is 3.65. The van der Waals surface area contributed by atoms with Gasteiger partial charge in [-0.1, -0.05) is 23.7 Å². The molecule has 0 saturated heterocycles. The first-order valence-electron chi connectivity index (χ1n) is 5.05. The number of hydrogen-bond acceptors (Lipinski definition) is 3. The molecule has 17 heavy (non-hydrogen) atoms. The molecule has 4 heteroatoms. The van der Waals surface area contributed by atoms with E-state index in [2.05, 4.69) is 4.98 Å². The van der Waals surface area contributed by atoms with E-state index in [0.29, 0.717) is 22.2 Å². The number of benzene rings is 1. The van der Waals surface area contributed by atoms with Crippen molar-refractivity contribution in [3.8, 4) is 11.6 Å². The van der Waals surface area contributed by atoms with Crippen LogP contribution in [0.1, 0.15) is 15.9 Å². The number of pyridine rings is 1. The summed E-state index contributed by atoms with van der Waals surface area (Å²) in [5, 5.41) is 0.521. The summed E-state index contributed by atoms with van der Waals surface area (Å²) in [6, 6.07) is 8.87. The van der Waals surface area contributed by atoms with Crippen molar-refractivity contribution in [1.82, 2.24) is 4.98 Å². The van der Waals surface area contributed by atoms with Crippen LogP contribution in [0.4, 0.5) is 0 Å². The van der Waals surface area contributed by atoms with Crippen molar-refractivity contribution in [3.63, 3.8) is 0 Å². The van der Waals surface area contributed by atoms with Crippen LogP contribution < -0.4 is 4.74 Å². The lowest BCUT2D eigenvalue weighted by Gasteiger charge is -2.08. The van der Waals surface area contributed by atoms with Gasteiger partial charge >= 0.3 is 0 Å². The van der Waals surface area contributed by atoms with E-state index in [0.717, 1.165) is 11.8 Å². The Kier molecular flexibility index (Phi) is 3.40. The normalized spacial score (nSPS) is 10.0. The van der Waals surface area contributed by atoms with Crippen LogP contribution in [0.5, 0.6) is 11.6 Å². The van der Waals surface area contributed by atoms with Crippen LogP contribution in [0.3, 0.4) is 0 Å². The summed E-state index contributed by atoms with van der Waals surface area (Å²) in [6.07, 6.45) is 2.21. The predicted molar refractivity (Wildman–Crippen MR) is 65.9 cm³/mol. The van der Waals surface area contributed by atoms with E-state index in [-0.39, 0.29) is 0 Å².